The van der Waals surface area contributed by atoms with Crippen LogP contribution in [0, 0.1) is 0 Å². The summed E-state index contributed by atoms with van der Waals surface area (Å²) in [7, 11) is 0. The van der Waals surface area contributed by atoms with Crippen molar-refractivity contribution >= 4 is 12.1 Å². The second-order valence-corrected chi connectivity index (χ2v) is 5.89. The number of hydrogen-bond acceptors (Lipinski definition) is 4. The molecule has 6 nitrogen and oxygen atoms in total. The number of carboxylic acids is 1. The predicted octanol–water partition coefficient (Wildman–Crippen LogP) is 1.92. The lowest BCUT2D eigenvalue weighted by Crippen LogP contribution is -2.52. The second-order valence-electron chi connectivity index (χ2n) is 5.89. The van der Waals surface area contributed by atoms with E-state index < -0.39 is 29.8 Å². The minimum absolute atomic E-state index is 0.0284. The molecule has 1 rings (SSSR count). The van der Waals surface area contributed by atoms with Gasteiger partial charge < -0.3 is 14.9 Å². The molecule has 0 spiro atoms. The van der Waals surface area contributed by atoms with Crippen molar-refractivity contribution < 1.29 is 24.5 Å². The molecule has 6 heteroatoms. The molecule has 0 aliphatic rings. The fourth-order valence-electron chi connectivity index (χ4n) is 1.83. The summed E-state index contributed by atoms with van der Waals surface area (Å²) in [6, 6.07) is 8.82. The summed E-state index contributed by atoms with van der Waals surface area (Å²) in [5.74, 6) is -1.22. The SMILES string of the molecule is CC(C)(C)OC(=O)NC(O)(CC(=O)O)Cc1ccccc1. The van der Waals surface area contributed by atoms with Crippen LogP contribution < -0.4 is 5.32 Å². The molecule has 1 unspecified atom stereocenters. The smallest absolute Gasteiger partial charge is 0.409 e. The minimum atomic E-state index is -1.91. The van der Waals surface area contributed by atoms with Gasteiger partial charge in [-0.05, 0) is 26.3 Å². The number of ether oxygens (including phenoxy) is 1. The number of aliphatic carboxylic acids is 1. The summed E-state index contributed by atoms with van der Waals surface area (Å²) in [5, 5.41) is 21.6. The molecule has 21 heavy (non-hydrogen) atoms. The van der Waals surface area contributed by atoms with E-state index in [0.29, 0.717) is 5.56 Å². The molecular weight excluding hydrogens is 274 g/mol. The number of hydrogen-bond donors (Lipinski definition) is 3. The lowest BCUT2D eigenvalue weighted by atomic mass is 9.99. The largest absolute Gasteiger partial charge is 0.481 e. The quantitative estimate of drug-likeness (QED) is 0.721. The van der Waals surface area contributed by atoms with E-state index in [-0.39, 0.29) is 6.42 Å². The second kappa shape index (κ2) is 6.58. The standard InChI is InChI=1S/C15H21NO5/c1-14(2,3)21-13(19)16-15(20,10-12(17)18)9-11-7-5-4-6-8-11/h4-8,20H,9-10H2,1-3H3,(H,16,19)(H,17,18). The average Bonchev–Trinajstić information content (AvgIpc) is 2.24. The highest BCUT2D eigenvalue weighted by molar-refractivity contribution is 5.72. The molecule has 0 aliphatic heterocycles. The summed E-state index contributed by atoms with van der Waals surface area (Å²) in [5.41, 5.74) is -1.94. The van der Waals surface area contributed by atoms with Crippen LogP contribution in [0.15, 0.2) is 30.3 Å². The Bertz CT molecular complexity index is 495. The molecule has 0 aromatic heterocycles. The van der Waals surface area contributed by atoms with Crippen molar-refractivity contribution in [2.75, 3.05) is 0 Å². The van der Waals surface area contributed by atoms with Crippen LogP contribution in [0.4, 0.5) is 4.79 Å². The van der Waals surface area contributed by atoms with Crippen LogP contribution in [0.1, 0.15) is 32.8 Å². The van der Waals surface area contributed by atoms with E-state index in [1.165, 1.54) is 0 Å². The number of aliphatic hydroxyl groups is 1. The van der Waals surface area contributed by atoms with E-state index in [0.717, 1.165) is 0 Å². The first-order valence-corrected chi connectivity index (χ1v) is 6.59. The third-order valence-electron chi connectivity index (χ3n) is 2.52. The Morgan fingerprint density at radius 3 is 2.24 bits per heavy atom. The minimum Gasteiger partial charge on any atom is -0.481 e. The Morgan fingerprint density at radius 1 is 1.19 bits per heavy atom. The van der Waals surface area contributed by atoms with Crippen LogP contribution >= 0.6 is 0 Å². The average molecular weight is 295 g/mol. The summed E-state index contributed by atoms with van der Waals surface area (Å²) in [6.45, 7) is 5.04. The maximum Gasteiger partial charge on any atom is 0.409 e. The van der Waals surface area contributed by atoms with Crippen molar-refractivity contribution in [3.05, 3.63) is 35.9 Å². The number of rotatable bonds is 5. The van der Waals surface area contributed by atoms with Crippen LogP contribution in [-0.4, -0.2) is 33.6 Å². The molecule has 1 amide bonds. The van der Waals surface area contributed by atoms with Gasteiger partial charge in [0.05, 0.1) is 6.42 Å². The zero-order valence-electron chi connectivity index (χ0n) is 12.4. The lowest BCUT2D eigenvalue weighted by Gasteiger charge is -2.29. The summed E-state index contributed by atoms with van der Waals surface area (Å²) in [6.07, 6.45) is -1.51. The van der Waals surface area contributed by atoms with E-state index in [2.05, 4.69) is 5.32 Å². The first-order valence-electron chi connectivity index (χ1n) is 6.59. The Kier molecular flexibility index (Phi) is 5.32. The van der Waals surface area contributed by atoms with Gasteiger partial charge in [-0.1, -0.05) is 30.3 Å². The Labute approximate surface area is 123 Å². The molecular formula is C15H21NO5. The topological polar surface area (TPSA) is 95.9 Å². The molecule has 1 aromatic rings. The molecule has 0 fully saturated rings. The van der Waals surface area contributed by atoms with Crippen LogP contribution in [0.25, 0.3) is 0 Å². The molecule has 0 heterocycles. The molecule has 0 saturated carbocycles. The van der Waals surface area contributed by atoms with Gasteiger partial charge in [0, 0.05) is 6.42 Å². The van der Waals surface area contributed by atoms with E-state index >= 15 is 0 Å². The van der Waals surface area contributed by atoms with E-state index in [4.69, 9.17) is 9.84 Å². The van der Waals surface area contributed by atoms with Gasteiger partial charge in [-0.2, -0.15) is 0 Å². The molecule has 116 valence electrons. The molecule has 0 bridgehead atoms. The number of carbonyl (C=O) groups excluding carboxylic acids is 1. The van der Waals surface area contributed by atoms with Gasteiger partial charge in [0.15, 0.2) is 5.72 Å². The monoisotopic (exact) mass is 295 g/mol. The zero-order chi connectivity index (χ0) is 16.1. The van der Waals surface area contributed by atoms with E-state index in [1.54, 1.807) is 51.1 Å². The zero-order valence-corrected chi connectivity index (χ0v) is 12.4. The molecule has 1 atom stereocenters. The highest BCUT2D eigenvalue weighted by Gasteiger charge is 2.34. The number of nitrogens with one attached hydrogen (secondary N) is 1. The van der Waals surface area contributed by atoms with Crippen molar-refractivity contribution in [2.45, 2.75) is 44.9 Å². The third kappa shape index (κ3) is 6.76. The number of carbonyl (C=O) groups is 2. The lowest BCUT2D eigenvalue weighted by molar-refractivity contribution is -0.143. The molecule has 0 aliphatic carbocycles. The maximum atomic E-state index is 11.8. The maximum absolute atomic E-state index is 11.8. The number of benzene rings is 1. The van der Waals surface area contributed by atoms with Crippen molar-refractivity contribution in [3.63, 3.8) is 0 Å². The normalized spacial score (nSPS) is 14.1. The highest BCUT2D eigenvalue weighted by atomic mass is 16.6. The van der Waals surface area contributed by atoms with Gasteiger partial charge in [0.1, 0.15) is 5.60 Å². The number of amides is 1. The fraction of sp³-hybridized carbons (Fsp3) is 0.467. The van der Waals surface area contributed by atoms with Crippen LogP contribution in [0.5, 0.6) is 0 Å². The van der Waals surface area contributed by atoms with Crippen LogP contribution in [0.2, 0.25) is 0 Å². The van der Waals surface area contributed by atoms with Crippen molar-refractivity contribution in [1.29, 1.82) is 0 Å². The highest BCUT2D eigenvalue weighted by Crippen LogP contribution is 2.16. The van der Waals surface area contributed by atoms with Gasteiger partial charge in [-0.15, -0.1) is 0 Å². The van der Waals surface area contributed by atoms with Crippen molar-refractivity contribution in [2.24, 2.45) is 0 Å². The molecule has 0 radical (unpaired) electrons. The fourth-order valence-corrected chi connectivity index (χ4v) is 1.83. The third-order valence-corrected chi connectivity index (χ3v) is 2.52. The summed E-state index contributed by atoms with van der Waals surface area (Å²) in [4.78, 5) is 22.7. The van der Waals surface area contributed by atoms with E-state index in [9.17, 15) is 14.7 Å². The molecule has 0 saturated heterocycles. The van der Waals surface area contributed by atoms with Gasteiger partial charge in [0.25, 0.3) is 0 Å². The van der Waals surface area contributed by atoms with Gasteiger partial charge >= 0.3 is 12.1 Å². The Balaban J connectivity index is 2.83. The molecule has 3 N–H and O–H groups in total. The van der Waals surface area contributed by atoms with Gasteiger partial charge in [0.2, 0.25) is 0 Å². The van der Waals surface area contributed by atoms with Gasteiger partial charge in [-0.3, -0.25) is 10.1 Å². The van der Waals surface area contributed by atoms with Crippen LogP contribution in [-0.2, 0) is 16.0 Å². The van der Waals surface area contributed by atoms with Crippen molar-refractivity contribution in [3.8, 4) is 0 Å². The summed E-state index contributed by atoms with van der Waals surface area (Å²) < 4.78 is 5.05. The van der Waals surface area contributed by atoms with Gasteiger partial charge in [-0.25, -0.2) is 4.79 Å². The van der Waals surface area contributed by atoms with Crippen LogP contribution in [0.3, 0.4) is 0 Å². The first-order chi connectivity index (χ1) is 9.60. The number of carboxylic acid groups (broad SMARTS) is 1. The number of alkyl carbamates (subject to hydrolysis) is 1. The first kappa shape index (κ1) is 17.0. The molecule has 1 aromatic carbocycles. The predicted molar refractivity (Wildman–Crippen MR) is 76.7 cm³/mol. The Hall–Kier alpha value is -2.08. The summed E-state index contributed by atoms with van der Waals surface area (Å²) >= 11 is 0. The van der Waals surface area contributed by atoms with Crippen molar-refractivity contribution in [1.82, 2.24) is 5.32 Å². The van der Waals surface area contributed by atoms with E-state index in [1.807, 2.05) is 0 Å². The Morgan fingerprint density at radius 2 is 1.76 bits per heavy atom.